The Morgan fingerprint density at radius 1 is 1.10 bits per heavy atom. The van der Waals surface area contributed by atoms with Crippen molar-refractivity contribution in [3.63, 3.8) is 0 Å². The van der Waals surface area contributed by atoms with Crippen LogP contribution in [0.15, 0.2) is 40.8 Å². The summed E-state index contributed by atoms with van der Waals surface area (Å²) < 4.78 is 10.6. The number of furan rings is 2. The van der Waals surface area contributed by atoms with Crippen molar-refractivity contribution >= 4 is 22.9 Å². The quantitative estimate of drug-likeness (QED) is 0.524. The number of carbonyl (C=O) groups excluding carboxylic acids is 1. The first kappa shape index (κ1) is 20.4. The van der Waals surface area contributed by atoms with Crippen LogP contribution < -0.4 is 10.1 Å². The molecule has 0 atom stereocenters. The molecule has 2 N–H and O–H groups in total. The Balaban J connectivity index is 1.22. The third-order valence-electron chi connectivity index (χ3n) is 5.86. The van der Waals surface area contributed by atoms with Gasteiger partial charge in [-0.3, -0.25) is 4.79 Å². The summed E-state index contributed by atoms with van der Waals surface area (Å²) in [6.45, 7) is 3.09. The van der Waals surface area contributed by atoms with Crippen LogP contribution in [-0.4, -0.2) is 61.1 Å². The molecule has 3 heterocycles. The number of piperidine rings is 1. The Labute approximate surface area is 174 Å². The van der Waals surface area contributed by atoms with Gasteiger partial charge in [-0.15, -0.1) is 0 Å². The van der Waals surface area contributed by atoms with E-state index in [1.54, 1.807) is 19.2 Å². The van der Waals surface area contributed by atoms with E-state index in [1.165, 1.54) is 5.56 Å². The number of nitrogens with zero attached hydrogens (tertiary/aromatic N) is 1. The number of fused-ring (bicyclic) bond motifs is 2. The highest BCUT2D eigenvalue weighted by atomic mass is 16.5. The number of nitrogens with one attached hydrogen (secondary N) is 1. The number of Topliss-reactive ketones (excluding diaryl/α,β-unsaturated/α-hetero) is 1. The Kier molecular flexibility index (Phi) is 6.01. The summed E-state index contributed by atoms with van der Waals surface area (Å²) in [6.07, 6.45) is 2.92. The zero-order chi connectivity index (χ0) is 21.1. The summed E-state index contributed by atoms with van der Waals surface area (Å²) >= 11 is 0. The largest absolute Gasteiger partial charge is 0.497 e. The molecule has 1 aliphatic heterocycles. The number of carboxylic acids is 1. The van der Waals surface area contributed by atoms with Crippen LogP contribution >= 0.6 is 0 Å². The van der Waals surface area contributed by atoms with E-state index in [0.717, 1.165) is 44.6 Å². The summed E-state index contributed by atoms with van der Waals surface area (Å²) in [7, 11) is 1.67. The van der Waals surface area contributed by atoms with E-state index < -0.39 is 5.97 Å². The average Bonchev–Trinajstić information content (AvgIpc) is 3.39. The number of likely N-dealkylation sites (tertiary alicyclic amines) is 1. The van der Waals surface area contributed by atoms with Crippen LogP contribution in [0.2, 0.25) is 0 Å². The molecule has 7 nitrogen and oxygen atoms in total. The van der Waals surface area contributed by atoms with Crippen LogP contribution in [0.4, 0.5) is 0 Å². The van der Waals surface area contributed by atoms with E-state index in [2.05, 4.69) is 22.3 Å². The number of carboxylic acid groups (broad SMARTS) is 1. The maximum atomic E-state index is 12.6. The van der Waals surface area contributed by atoms with Crippen LogP contribution in [0.25, 0.3) is 11.2 Å². The topological polar surface area (TPSA) is 92.0 Å². The second-order valence-electron chi connectivity index (χ2n) is 7.74. The first-order chi connectivity index (χ1) is 14.5. The van der Waals surface area contributed by atoms with Crippen molar-refractivity contribution in [3.8, 4) is 5.75 Å². The van der Waals surface area contributed by atoms with E-state index >= 15 is 0 Å². The van der Waals surface area contributed by atoms with Crippen LogP contribution in [0.1, 0.15) is 39.1 Å². The average molecular weight is 410 g/mol. The lowest BCUT2D eigenvalue weighted by Crippen LogP contribution is -2.44. The summed E-state index contributed by atoms with van der Waals surface area (Å²) in [5.41, 5.74) is 2.06. The molecule has 0 spiro atoms. The molecule has 7 heteroatoms. The molecule has 1 fully saturated rings. The van der Waals surface area contributed by atoms with Gasteiger partial charge in [0.1, 0.15) is 22.5 Å². The Morgan fingerprint density at radius 2 is 1.77 bits per heavy atom. The number of rotatable bonds is 9. The molecule has 2 aromatic heterocycles. The predicted molar refractivity (Wildman–Crippen MR) is 113 cm³/mol. The number of aromatic carboxylic acids is 1. The second-order valence-corrected chi connectivity index (χ2v) is 7.74. The minimum absolute atomic E-state index is 0.0207. The minimum Gasteiger partial charge on any atom is -0.497 e. The third-order valence-corrected chi connectivity index (χ3v) is 5.86. The van der Waals surface area contributed by atoms with Gasteiger partial charge in [0.15, 0.2) is 5.78 Å². The molecule has 2 bridgehead atoms. The number of hydrogen-bond acceptors (Lipinski definition) is 6. The van der Waals surface area contributed by atoms with Gasteiger partial charge < -0.3 is 24.5 Å². The molecular formula is C23H26N2O5. The van der Waals surface area contributed by atoms with Gasteiger partial charge in [0.05, 0.1) is 19.2 Å². The highest BCUT2D eigenvalue weighted by Crippen LogP contribution is 2.29. The van der Waals surface area contributed by atoms with E-state index in [0.29, 0.717) is 5.58 Å². The summed E-state index contributed by atoms with van der Waals surface area (Å²) in [6, 6.07) is 11.7. The lowest BCUT2D eigenvalue weighted by atomic mass is 10.0. The van der Waals surface area contributed by atoms with Gasteiger partial charge >= 0.3 is 5.97 Å². The van der Waals surface area contributed by atoms with Crippen molar-refractivity contribution in [1.82, 2.24) is 10.2 Å². The maximum Gasteiger partial charge on any atom is 0.340 e. The van der Waals surface area contributed by atoms with Crippen molar-refractivity contribution in [3.05, 3.63) is 53.1 Å². The first-order valence-corrected chi connectivity index (χ1v) is 10.2. The lowest BCUT2D eigenvalue weighted by molar-refractivity contribution is 0.0694. The molecule has 4 rings (SSSR count). The standard InChI is InChI=1S/C23H26N2O5/c1-29-17-4-2-15(3-5-17)8-11-25-12-9-16(10-13-25)24-14-18(26)21-19-6-7-20(30-19)22(21)23(27)28/h2-7,16,24H,8-14H2,1H3,(H,27,28). The van der Waals surface area contributed by atoms with Crippen molar-refractivity contribution in [1.29, 1.82) is 0 Å². The fourth-order valence-corrected chi connectivity index (χ4v) is 4.11. The summed E-state index contributed by atoms with van der Waals surface area (Å²) in [5.74, 6) is -0.488. The van der Waals surface area contributed by atoms with Gasteiger partial charge in [-0.05, 0) is 62.2 Å². The fraction of sp³-hybridized carbons (Fsp3) is 0.391. The molecule has 30 heavy (non-hydrogen) atoms. The zero-order valence-corrected chi connectivity index (χ0v) is 17.0. The van der Waals surface area contributed by atoms with Crippen LogP contribution in [0.3, 0.4) is 0 Å². The number of ketones is 1. The number of ether oxygens (including phenoxy) is 1. The molecule has 0 amide bonds. The monoisotopic (exact) mass is 410 g/mol. The Hall–Kier alpha value is -2.90. The van der Waals surface area contributed by atoms with Gasteiger partial charge in [0.25, 0.3) is 0 Å². The normalized spacial score (nSPS) is 15.6. The number of carbonyl (C=O) groups is 2. The third kappa shape index (κ3) is 4.32. The van der Waals surface area contributed by atoms with Crippen molar-refractivity contribution in [2.24, 2.45) is 0 Å². The van der Waals surface area contributed by atoms with Crippen molar-refractivity contribution < 1.29 is 23.8 Å². The summed E-state index contributed by atoms with van der Waals surface area (Å²) in [4.78, 5) is 26.5. The molecule has 0 saturated carbocycles. The highest BCUT2D eigenvalue weighted by molar-refractivity contribution is 6.15. The smallest absolute Gasteiger partial charge is 0.340 e. The molecule has 3 aromatic rings. The molecule has 1 aliphatic rings. The fourth-order valence-electron chi connectivity index (χ4n) is 4.11. The van der Waals surface area contributed by atoms with Crippen LogP contribution in [0, 0.1) is 0 Å². The highest BCUT2D eigenvalue weighted by Gasteiger charge is 2.27. The first-order valence-electron chi connectivity index (χ1n) is 10.2. The van der Waals surface area contributed by atoms with Crippen LogP contribution in [0.5, 0.6) is 5.75 Å². The molecule has 0 aliphatic carbocycles. The number of benzene rings is 2. The molecule has 0 radical (unpaired) electrons. The lowest BCUT2D eigenvalue weighted by Gasteiger charge is -2.32. The summed E-state index contributed by atoms with van der Waals surface area (Å²) in [5, 5.41) is 12.7. The van der Waals surface area contributed by atoms with E-state index in [9.17, 15) is 14.7 Å². The zero-order valence-electron chi connectivity index (χ0n) is 17.0. The van der Waals surface area contributed by atoms with Gasteiger partial charge in [-0.2, -0.15) is 0 Å². The van der Waals surface area contributed by atoms with Gasteiger partial charge in [-0.25, -0.2) is 4.79 Å². The molecule has 158 valence electrons. The second kappa shape index (κ2) is 8.85. The molecular weight excluding hydrogens is 384 g/mol. The SMILES string of the molecule is COc1ccc(CCN2CCC(NCC(=O)c3c(C(=O)O)c4ccc3o4)CC2)cc1. The minimum atomic E-state index is -1.13. The van der Waals surface area contributed by atoms with Crippen molar-refractivity contribution in [2.45, 2.75) is 25.3 Å². The number of hydrogen-bond donors (Lipinski definition) is 2. The Morgan fingerprint density at radius 3 is 2.40 bits per heavy atom. The molecule has 1 aromatic carbocycles. The van der Waals surface area contributed by atoms with Gasteiger partial charge in [0.2, 0.25) is 0 Å². The molecule has 0 unspecified atom stereocenters. The molecule has 1 saturated heterocycles. The van der Waals surface area contributed by atoms with Gasteiger partial charge in [-0.1, -0.05) is 12.1 Å². The number of methoxy groups -OCH3 is 1. The Bertz CT molecular complexity index is 1000. The van der Waals surface area contributed by atoms with E-state index in [4.69, 9.17) is 9.15 Å². The van der Waals surface area contributed by atoms with E-state index in [-0.39, 0.29) is 35.1 Å². The van der Waals surface area contributed by atoms with Crippen LogP contribution in [-0.2, 0) is 6.42 Å². The van der Waals surface area contributed by atoms with Gasteiger partial charge in [0, 0.05) is 12.6 Å². The predicted octanol–water partition coefficient (Wildman–Crippen LogP) is 3.06. The van der Waals surface area contributed by atoms with E-state index in [1.807, 2.05) is 12.1 Å². The maximum absolute atomic E-state index is 12.6. The van der Waals surface area contributed by atoms with Crippen molar-refractivity contribution in [2.75, 3.05) is 33.3 Å².